The van der Waals surface area contributed by atoms with Gasteiger partial charge in [-0.1, -0.05) is 6.07 Å². The van der Waals surface area contributed by atoms with E-state index in [1.165, 1.54) is 4.90 Å². The number of aliphatic carboxylic acids is 1. The summed E-state index contributed by atoms with van der Waals surface area (Å²) in [5.74, 6) is -1.15. The van der Waals surface area contributed by atoms with E-state index >= 15 is 0 Å². The molecule has 1 atom stereocenters. The van der Waals surface area contributed by atoms with Gasteiger partial charge in [0, 0.05) is 18.8 Å². The molecule has 0 aliphatic heterocycles. The number of pyridine rings is 1. The molecule has 0 saturated heterocycles. The van der Waals surface area contributed by atoms with Crippen molar-refractivity contribution >= 4 is 11.9 Å². The number of carboxylic acids is 1. The molecule has 5 heteroatoms. The lowest BCUT2D eigenvalue weighted by Crippen LogP contribution is -2.40. The van der Waals surface area contributed by atoms with Crippen LogP contribution in [0.25, 0.3) is 0 Å². The summed E-state index contributed by atoms with van der Waals surface area (Å²) >= 11 is 0. The van der Waals surface area contributed by atoms with E-state index in [1.54, 1.807) is 31.3 Å². The van der Waals surface area contributed by atoms with Gasteiger partial charge in [-0.25, -0.2) is 0 Å². The van der Waals surface area contributed by atoms with E-state index in [2.05, 4.69) is 4.98 Å². The third kappa shape index (κ3) is 3.55. The zero-order chi connectivity index (χ0) is 12.8. The second-order valence-electron chi connectivity index (χ2n) is 3.75. The number of amides is 1. The number of aromatic nitrogens is 1. The molecule has 1 aromatic heterocycles. The highest BCUT2D eigenvalue weighted by molar-refractivity contribution is 5.92. The zero-order valence-electron chi connectivity index (χ0n) is 9.96. The SMILES string of the molecule is CCN(C(=O)c1ccccn1)C(C)CC(=O)O. The molecule has 0 aliphatic carbocycles. The normalized spacial score (nSPS) is 11.9. The molecule has 1 amide bonds. The summed E-state index contributed by atoms with van der Waals surface area (Å²) in [5, 5.41) is 8.73. The number of carboxylic acid groups (broad SMARTS) is 1. The topological polar surface area (TPSA) is 70.5 Å². The summed E-state index contributed by atoms with van der Waals surface area (Å²) in [4.78, 5) is 28.2. The van der Waals surface area contributed by atoms with Crippen LogP contribution in [0.4, 0.5) is 0 Å². The molecular weight excluding hydrogens is 220 g/mol. The summed E-state index contributed by atoms with van der Waals surface area (Å²) in [6.45, 7) is 4.00. The highest BCUT2D eigenvalue weighted by Crippen LogP contribution is 2.08. The molecule has 92 valence electrons. The van der Waals surface area contributed by atoms with Gasteiger partial charge in [0.05, 0.1) is 6.42 Å². The van der Waals surface area contributed by atoms with Crippen molar-refractivity contribution in [1.29, 1.82) is 0 Å². The number of carbonyl (C=O) groups excluding carboxylic acids is 1. The maximum atomic E-state index is 12.1. The van der Waals surface area contributed by atoms with E-state index < -0.39 is 5.97 Å². The molecule has 1 heterocycles. The minimum Gasteiger partial charge on any atom is -0.481 e. The van der Waals surface area contributed by atoms with Crippen molar-refractivity contribution in [3.05, 3.63) is 30.1 Å². The first-order valence-electron chi connectivity index (χ1n) is 5.50. The Morgan fingerprint density at radius 3 is 2.65 bits per heavy atom. The molecule has 0 bridgehead atoms. The zero-order valence-corrected chi connectivity index (χ0v) is 9.96. The van der Waals surface area contributed by atoms with Crippen LogP contribution in [0.1, 0.15) is 30.8 Å². The predicted molar refractivity (Wildman–Crippen MR) is 62.7 cm³/mol. The van der Waals surface area contributed by atoms with Crippen molar-refractivity contribution in [2.75, 3.05) is 6.54 Å². The standard InChI is InChI=1S/C12H16N2O3/c1-3-14(9(2)8-11(15)16)12(17)10-6-4-5-7-13-10/h4-7,9H,3,8H2,1-2H3,(H,15,16). The van der Waals surface area contributed by atoms with Crippen molar-refractivity contribution < 1.29 is 14.7 Å². The molecular formula is C12H16N2O3. The predicted octanol–water partition coefficient (Wildman–Crippen LogP) is 1.41. The highest BCUT2D eigenvalue weighted by Gasteiger charge is 2.22. The lowest BCUT2D eigenvalue weighted by molar-refractivity contribution is -0.138. The second kappa shape index (κ2) is 5.98. The largest absolute Gasteiger partial charge is 0.481 e. The van der Waals surface area contributed by atoms with Crippen LogP contribution in [0.15, 0.2) is 24.4 Å². The molecule has 0 radical (unpaired) electrons. The minimum absolute atomic E-state index is 0.0631. The van der Waals surface area contributed by atoms with Crippen LogP contribution in [0.2, 0.25) is 0 Å². The molecule has 1 N–H and O–H groups in total. The molecule has 17 heavy (non-hydrogen) atoms. The fraction of sp³-hybridized carbons (Fsp3) is 0.417. The van der Waals surface area contributed by atoms with Gasteiger partial charge in [-0.05, 0) is 26.0 Å². The van der Waals surface area contributed by atoms with Gasteiger partial charge in [0.15, 0.2) is 0 Å². The Balaban J connectivity index is 2.81. The fourth-order valence-electron chi connectivity index (χ4n) is 1.65. The third-order valence-electron chi connectivity index (χ3n) is 2.49. The Morgan fingerprint density at radius 1 is 1.47 bits per heavy atom. The number of hydrogen-bond donors (Lipinski definition) is 1. The van der Waals surface area contributed by atoms with Gasteiger partial charge < -0.3 is 10.0 Å². The second-order valence-corrected chi connectivity index (χ2v) is 3.75. The monoisotopic (exact) mass is 236 g/mol. The van der Waals surface area contributed by atoms with Crippen molar-refractivity contribution in [3.63, 3.8) is 0 Å². The number of rotatable bonds is 5. The molecule has 0 aromatic carbocycles. The fourth-order valence-corrected chi connectivity index (χ4v) is 1.65. The van der Waals surface area contributed by atoms with Crippen LogP contribution in [-0.2, 0) is 4.79 Å². The van der Waals surface area contributed by atoms with E-state index in [-0.39, 0.29) is 18.4 Å². The van der Waals surface area contributed by atoms with Crippen molar-refractivity contribution in [3.8, 4) is 0 Å². The van der Waals surface area contributed by atoms with Gasteiger partial charge in [-0.15, -0.1) is 0 Å². The smallest absolute Gasteiger partial charge is 0.305 e. The van der Waals surface area contributed by atoms with Crippen molar-refractivity contribution in [2.45, 2.75) is 26.3 Å². The summed E-state index contributed by atoms with van der Waals surface area (Å²) in [6.07, 6.45) is 1.48. The van der Waals surface area contributed by atoms with Crippen LogP contribution in [0, 0.1) is 0 Å². The summed E-state index contributed by atoms with van der Waals surface area (Å²) in [5.41, 5.74) is 0.339. The van der Waals surface area contributed by atoms with Crippen LogP contribution < -0.4 is 0 Å². The van der Waals surface area contributed by atoms with Gasteiger partial charge in [0.2, 0.25) is 0 Å². The lowest BCUT2D eigenvalue weighted by atomic mass is 10.2. The molecule has 0 fully saturated rings. The first-order chi connectivity index (χ1) is 8.06. The molecule has 0 aliphatic rings. The van der Waals surface area contributed by atoms with Crippen LogP contribution in [0.5, 0.6) is 0 Å². The molecule has 0 spiro atoms. The van der Waals surface area contributed by atoms with Gasteiger partial charge in [0.1, 0.15) is 5.69 Å². The van der Waals surface area contributed by atoms with Crippen molar-refractivity contribution in [2.24, 2.45) is 0 Å². The average molecular weight is 236 g/mol. The Labute approximate surface area is 100 Å². The first kappa shape index (κ1) is 13.2. The van der Waals surface area contributed by atoms with Gasteiger partial charge in [-0.2, -0.15) is 0 Å². The van der Waals surface area contributed by atoms with Crippen LogP contribution in [-0.4, -0.2) is 39.5 Å². The number of hydrogen-bond acceptors (Lipinski definition) is 3. The Bertz CT molecular complexity index is 392. The average Bonchev–Trinajstić information content (AvgIpc) is 2.30. The molecule has 1 unspecified atom stereocenters. The molecule has 0 saturated carbocycles. The summed E-state index contributed by atoms with van der Waals surface area (Å²) in [6, 6.07) is 4.74. The van der Waals surface area contributed by atoms with Gasteiger partial charge in [0.25, 0.3) is 5.91 Å². The first-order valence-corrected chi connectivity index (χ1v) is 5.50. The molecule has 5 nitrogen and oxygen atoms in total. The number of carbonyl (C=O) groups is 2. The van der Waals surface area contributed by atoms with E-state index in [9.17, 15) is 9.59 Å². The van der Waals surface area contributed by atoms with Gasteiger partial charge in [-0.3, -0.25) is 14.6 Å². The number of nitrogens with zero attached hydrogens (tertiary/aromatic N) is 2. The Hall–Kier alpha value is -1.91. The minimum atomic E-state index is -0.912. The maximum Gasteiger partial charge on any atom is 0.305 e. The van der Waals surface area contributed by atoms with Gasteiger partial charge >= 0.3 is 5.97 Å². The quantitative estimate of drug-likeness (QED) is 0.839. The van der Waals surface area contributed by atoms with E-state index in [0.717, 1.165) is 0 Å². The Morgan fingerprint density at radius 2 is 2.18 bits per heavy atom. The summed E-state index contributed by atoms with van der Waals surface area (Å²) < 4.78 is 0. The van der Waals surface area contributed by atoms with E-state index in [1.807, 2.05) is 6.92 Å². The van der Waals surface area contributed by atoms with Crippen LogP contribution in [0.3, 0.4) is 0 Å². The highest BCUT2D eigenvalue weighted by atomic mass is 16.4. The third-order valence-corrected chi connectivity index (χ3v) is 2.49. The maximum absolute atomic E-state index is 12.1. The van der Waals surface area contributed by atoms with E-state index in [0.29, 0.717) is 12.2 Å². The Kier molecular flexibility index (Phi) is 4.63. The molecule has 1 rings (SSSR count). The van der Waals surface area contributed by atoms with Crippen molar-refractivity contribution in [1.82, 2.24) is 9.88 Å². The van der Waals surface area contributed by atoms with Crippen LogP contribution >= 0.6 is 0 Å². The van der Waals surface area contributed by atoms with E-state index in [4.69, 9.17) is 5.11 Å². The lowest BCUT2D eigenvalue weighted by Gasteiger charge is -2.26. The summed E-state index contributed by atoms with van der Waals surface area (Å²) in [7, 11) is 0. The molecule has 1 aromatic rings.